The Morgan fingerprint density at radius 1 is 1.20 bits per heavy atom. The lowest BCUT2D eigenvalue weighted by molar-refractivity contribution is -0.129. The Kier molecular flexibility index (Phi) is 5.17. The minimum atomic E-state index is -0.0776. The van der Waals surface area contributed by atoms with Crippen molar-refractivity contribution in [3.8, 4) is 11.5 Å². The smallest absolute Gasteiger partial charge is 0.235 e. The van der Waals surface area contributed by atoms with E-state index in [0.717, 1.165) is 30.8 Å². The number of ether oxygens (including phenoxy) is 2. The fourth-order valence-electron chi connectivity index (χ4n) is 2.34. The molecule has 1 atom stereocenters. The van der Waals surface area contributed by atoms with Crippen LogP contribution in [0.25, 0.3) is 0 Å². The van der Waals surface area contributed by atoms with Gasteiger partial charge in [0.2, 0.25) is 5.91 Å². The number of carbonyl (C=O) groups excluding carboxylic acids is 1. The molecule has 1 amide bonds. The molecule has 0 aromatic heterocycles. The topological polar surface area (TPSA) is 38.8 Å². The molecule has 1 saturated heterocycles. The van der Waals surface area contributed by atoms with Gasteiger partial charge in [0, 0.05) is 18.0 Å². The van der Waals surface area contributed by atoms with Crippen LogP contribution in [0, 0.1) is 0 Å². The van der Waals surface area contributed by atoms with Gasteiger partial charge in [0.05, 0.1) is 19.5 Å². The van der Waals surface area contributed by atoms with Gasteiger partial charge in [-0.2, -0.15) is 0 Å². The molecule has 0 N–H and O–H groups in total. The number of methoxy groups -OCH3 is 2. The average Bonchev–Trinajstić information content (AvgIpc) is 3.00. The fourth-order valence-corrected chi connectivity index (χ4v) is 3.32. The van der Waals surface area contributed by atoms with Crippen LogP contribution in [0.4, 0.5) is 0 Å². The Balaban J connectivity index is 2.03. The molecular formula is C15H21NO3S. The second-order valence-electron chi connectivity index (χ2n) is 4.81. The van der Waals surface area contributed by atoms with Crippen LogP contribution in [-0.2, 0) is 4.79 Å². The number of benzene rings is 1. The van der Waals surface area contributed by atoms with Gasteiger partial charge in [-0.1, -0.05) is 0 Å². The highest BCUT2D eigenvalue weighted by Gasteiger charge is 2.24. The molecule has 0 bridgehead atoms. The van der Waals surface area contributed by atoms with E-state index in [1.165, 1.54) is 0 Å². The van der Waals surface area contributed by atoms with Gasteiger partial charge in [-0.05, 0) is 38.0 Å². The van der Waals surface area contributed by atoms with E-state index in [-0.39, 0.29) is 11.2 Å². The zero-order valence-corrected chi connectivity index (χ0v) is 13.0. The number of likely N-dealkylation sites (tertiary alicyclic amines) is 1. The third-order valence-electron chi connectivity index (χ3n) is 3.43. The maximum atomic E-state index is 12.3. The minimum absolute atomic E-state index is 0.0776. The summed E-state index contributed by atoms with van der Waals surface area (Å²) < 4.78 is 10.5. The monoisotopic (exact) mass is 295 g/mol. The number of rotatable bonds is 5. The van der Waals surface area contributed by atoms with E-state index in [4.69, 9.17) is 9.47 Å². The summed E-state index contributed by atoms with van der Waals surface area (Å²) >= 11 is 1.56. The summed E-state index contributed by atoms with van der Waals surface area (Å²) in [5, 5.41) is -0.0776. The number of amides is 1. The Morgan fingerprint density at radius 3 is 2.45 bits per heavy atom. The molecule has 0 saturated carbocycles. The summed E-state index contributed by atoms with van der Waals surface area (Å²) in [5.41, 5.74) is 0. The highest BCUT2D eigenvalue weighted by Crippen LogP contribution is 2.34. The molecule has 0 spiro atoms. The molecule has 1 aliphatic rings. The normalized spacial score (nSPS) is 16.1. The van der Waals surface area contributed by atoms with Gasteiger partial charge in [-0.15, -0.1) is 11.8 Å². The molecule has 2 rings (SSSR count). The van der Waals surface area contributed by atoms with Gasteiger partial charge in [-0.25, -0.2) is 0 Å². The lowest BCUT2D eigenvalue weighted by Crippen LogP contribution is -2.33. The van der Waals surface area contributed by atoms with E-state index in [0.29, 0.717) is 11.5 Å². The highest BCUT2D eigenvalue weighted by molar-refractivity contribution is 8.00. The highest BCUT2D eigenvalue weighted by atomic mass is 32.2. The molecular weight excluding hydrogens is 274 g/mol. The second kappa shape index (κ2) is 6.88. The van der Waals surface area contributed by atoms with E-state index in [2.05, 4.69) is 0 Å². The maximum Gasteiger partial charge on any atom is 0.235 e. The van der Waals surface area contributed by atoms with Gasteiger partial charge in [0.1, 0.15) is 0 Å². The number of carbonyl (C=O) groups is 1. The van der Waals surface area contributed by atoms with Gasteiger partial charge in [0.25, 0.3) is 0 Å². The largest absolute Gasteiger partial charge is 0.493 e. The minimum Gasteiger partial charge on any atom is -0.493 e. The van der Waals surface area contributed by atoms with Crippen LogP contribution >= 0.6 is 11.8 Å². The van der Waals surface area contributed by atoms with Gasteiger partial charge in [0.15, 0.2) is 11.5 Å². The zero-order valence-electron chi connectivity index (χ0n) is 12.2. The summed E-state index contributed by atoms with van der Waals surface area (Å²) in [6.45, 7) is 3.76. The van der Waals surface area contributed by atoms with Gasteiger partial charge < -0.3 is 14.4 Å². The molecule has 0 aliphatic carbocycles. The van der Waals surface area contributed by atoms with Crippen molar-refractivity contribution >= 4 is 17.7 Å². The van der Waals surface area contributed by atoms with E-state index in [9.17, 15) is 4.79 Å². The molecule has 5 heteroatoms. The first-order chi connectivity index (χ1) is 9.65. The van der Waals surface area contributed by atoms with E-state index in [1.807, 2.05) is 30.0 Å². The molecule has 20 heavy (non-hydrogen) atoms. The van der Waals surface area contributed by atoms with E-state index in [1.54, 1.807) is 26.0 Å². The summed E-state index contributed by atoms with van der Waals surface area (Å²) in [7, 11) is 3.23. The molecule has 110 valence electrons. The summed E-state index contributed by atoms with van der Waals surface area (Å²) in [6.07, 6.45) is 2.25. The number of nitrogens with zero attached hydrogens (tertiary/aromatic N) is 1. The zero-order chi connectivity index (χ0) is 14.5. The predicted molar refractivity (Wildman–Crippen MR) is 80.7 cm³/mol. The third-order valence-corrected chi connectivity index (χ3v) is 4.51. The van der Waals surface area contributed by atoms with Crippen LogP contribution in [0.1, 0.15) is 19.8 Å². The fraction of sp³-hybridized carbons (Fsp3) is 0.533. The van der Waals surface area contributed by atoms with Crippen LogP contribution < -0.4 is 9.47 Å². The SMILES string of the molecule is COc1ccc(S[C@@H](C)C(=O)N2CCCC2)cc1OC. The molecule has 4 nitrogen and oxygen atoms in total. The Labute approximate surface area is 124 Å². The van der Waals surface area contributed by atoms with Crippen LogP contribution in [0.15, 0.2) is 23.1 Å². The van der Waals surface area contributed by atoms with Crippen molar-refractivity contribution in [2.24, 2.45) is 0 Å². The van der Waals surface area contributed by atoms with Gasteiger partial charge in [-0.3, -0.25) is 4.79 Å². The molecule has 1 aromatic rings. The molecule has 1 heterocycles. The van der Waals surface area contributed by atoms with Crippen molar-refractivity contribution in [1.29, 1.82) is 0 Å². The number of hydrogen-bond acceptors (Lipinski definition) is 4. The molecule has 1 aromatic carbocycles. The molecule has 0 radical (unpaired) electrons. The molecule has 1 fully saturated rings. The summed E-state index contributed by atoms with van der Waals surface area (Å²) in [6, 6.07) is 5.74. The van der Waals surface area contributed by atoms with Crippen molar-refractivity contribution in [2.75, 3.05) is 27.3 Å². The average molecular weight is 295 g/mol. The van der Waals surface area contributed by atoms with Crippen LogP contribution in [-0.4, -0.2) is 43.4 Å². The van der Waals surface area contributed by atoms with Crippen molar-refractivity contribution in [1.82, 2.24) is 4.90 Å². The standard InChI is InChI=1S/C15H21NO3S/c1-11(15(17)16-8-4-5-9-16)20-12-6-7-13(18-2)14(10-12)19-3/h6-7,10-11H,4-5,8-9H2,1-3H3/t11-/m0/s1. The van der Waals surface area contributed by atoms with Crippen LogP contribution in [0.3, 0.4) is 0 Å². The van der Waals surface area contributed by atoms with Gasteiger partial charge >= 0.3 is 0 Å². The van der Waals surface area contributed by atoms with Crippen molar-refractivity contribution < 1.29 is 14.3 Å². The Bertz CT molecular complexity index is 472. The quantitative estimate of drug-likeness (QED) is 0.783. The lowest BCUT2D eigenvalue weighted by atomic mass is 10.3. The predicted octanol–water partition coefficient (Wildman–Crippen LogP) is 2.81. The lowest BCUT2D eigenvalue weighted by Gasteiger charge is -2.20. The third kappa shape index (κ3) is 3.39. The Hall–Kier alpha value is -1.36. The maximum absolute atomic E-state index is 12.3. The van der Waals surface area contributed by atoms with Crippen molar-refractivity contribution in [3.05, 3.63) is 18.2 Å². The summed E-state index contributed by atoms with van der Waals surface area (Å²) in [5.74, 6) is 1.62. The first-order valence-corrected chi connectivity index (χ1v) is 7.71. The van der Waals surface area contributed by atoms with Crippen LogP contribution in [0.2, 0.25) is 0 Å². The Morgan fingerprint density at radius 2 is 1.85 bits per heavy atom. The van der Waals surface area contributed by atoms with E-state index >= 15 is 0 Å². The number of thioether (sulfide) groups is 1. The second-order valence-corrected chi connectivity index (χ2v) is 6.22. The van der Waals surface area contributed by atoms with E-state index < -0.39 is 0 Å². The molecule has 1 aliphatic heterocycles. The molecule has 0 unspecified atom stereocenters. The van der Waals surface area contributed by atoms with Crippen molar-refractivity contribution in [3.63, 3.8) is 0 Å². The van der Waals surface area contributed by atoms with Crippen LogP contribution in [0.5, 0.6) is 11.5 Å². The van der Waals surface area contributed by atoms with Crippen molar-refractivity contribution in [2.45, 2.75) is 29.9 Å². The summed E-state index contributed by atoms with van der Waals surface area (Å²) in [4.78, 5) is 15.2. The first-order valence-electron chi connectivity index (χ1n) is 6.83. The number of hydrogen-bond donors (Lipinski definition) is 0. The first kappa shape index (κ1) is 15.0.